The van der Waals surface area contributed by atoms with E-state index in [0.717, 1.165) is 5.56 Å². The van der Waals surface area contributed by atoms with Gasteiger partial charge in [-0.25, -0.2) is 0 Å². The van der Waals surface area contributed by atoms with E-state index in [9.17, 15) is 20.0 Å². The van der Waals surface area contributed by atoms with E-state index in [-0.39, 0.29) is 23.2 Å². The van der Waals surface area contributed by atoms with E-state index in [1.54, 1.807) is 19.9 Å². The molecule has 2 atom stereocenters. The summed E-state index contributed by atoms with van der Waals surface area (Å²) in [5.74, 6) is -0.385. The lowest BCUT2D eigenvalue weighted by Gasteiger charge is -2.18. The fourth-order valence-electron chi connectivity index (χ4n) is 2.47. The minimum absolute atomic E-state index is 0.122. The van der Waals surface area contributed by atoms with Gasteiger partial charge in [0.25, 0.3) is 11.6 Å². The smallest absolute Gasteiger partial charge is 0.270 e. The molecule has 0 saturated carbocycles. The van der Waals surface area contributed by atoms with Gasteiger partial charge < -0.3 is 10.4 Å². The number of hydrogen-bond acceptors (Lipinski definition) is 4. The Morgan fingerprint density at radius 2 is 1.92 bits per heavy atom. The Balaban J connectivity index is 2.04. The van der Waals surface area contributed by atoms with E-state index in [1.807, 2.05) is 30.3 Å². The second-order valence-corrected chi connectivity index (χ2v) is 5.79. The fourth-order valence-corrected chi connectivity index (χ4v) is 2.47. The van der Waals surface area contributed by atoms with E-state index in [1.165, 1.54) is 12.1 Å². The lowest BCUT2D eigenvalue weighted by atomic mass is 10.0. The van der Waals surface area contributed by atoms with Crippen LogP contribution < -0.4 is 5.32 Å². The molecule has 0 radical (unpaired) electrons. The minimum atomic E-state index is -0.687. The standard InChI is InChI=1S/C18H20N2O4/c1-12-8-9-15(20(23)24)11-16(12)18(22)19-13(2)10-17(21)14-6-4-3-5-7-14/h3-9,11,13,17,21H,10H2,1-2H3,(H,19,22). The molecule has 24 heavy (non-hydrogen) atoms. The molecule has 2 aromatic rings. The minimum Gasteiger partial charge on any atom is -0.388 e. The molecule has 6 heteroatoms. The van der Waals surface area contributed by atoms with E-state index in [2.05, 4.69) is 5.32 Å². The summed E-state index contributed by atoms with van der Waals surface area (Å²) in [5, 5.41) is 23.8. The average molecular weight is 328 g/mol. The molecule has 0 saturated heterocycles. The average Bonchev–Trinajstić information content (AvgIpc) is 2.55. The SMILES string of the molecule is Cc1ccc([N+](=O)[O-])cc1C(=O)NC(C)CC(O)c1ccccc1. The van der Waals surface area contributed by atoms with Gasteiger partial charge in [-0.3, -0.25) is 14.9 Å². The lowest BCUT2D eigenvalue weighted by molar-refractivity contribution is -0.384. The van der Waals surface area contributed by atoms with Crippen molar-refractivity contribution < 1.29 is 14.8 Å². The number of rotatable bonds is 6. The Hall–Kier alpha value is -2.73. The van der Waals surface area contributed by atoms with Crippen LogP contribution in [0.2, 0.25) is 0 Å². The molecule has 1 amide bonds. The van der Waals surface area contributed by atoms with Gasteiger partial charge in [0.2, 0.25) is 0 Å². The summed E-state index contributed by atoms with van der Waals surface area (Å²) in [5.41, 5.74) is 1.59. The van der Waals surface area contributed by atoms with Crippen LogP contribution in [0.5, 0.6) is 0 Å². The van der Waals surface area contributed by atoms with E-state index in [4.69, 9.17) is 0 Å². The topological polar surface area (TPSA) is 92.5 Å². The van der Waals surface area contributed by atoms with Crippen molar-refractivity contribution in [2.45, 2.75) is 32.4 Å². The van der Waals surface area contributed by atoms with Gasteiger partial charge >= 0.3 is 0 Å². The van der Waals surface area contributed by atoms with Crippen LogP contribution in [0, 0.1) is 17.0 Å². The normalized spacial score (nSPS) is 13.1. The highest BCUT2D eigenvalue weighted by atomic mass is 16.6. The fraction of sp³-hybridized carbons (Fsp3) is 0.278. The number of nitro groups is 1. The largest absolute Gasteiger partial charge is 0.388 e. The zero-order valence-corrected chi connectivity index (χ0v) is 13.6. The van der Waals surface area contributed by atoms with Crippen LogP contribution in [0.15, 0.2) is 48.5 Å². The summed E-state index contributed by atoms with van der Waals surface area (Å²) < 4.78 is 0. The molecule has 126 valence electrons. The summed E-state index contributed by atoms with van der Waals surface area (Å²) in [7, 11) is 0. The summed E-state index contributed by atoms with van der Waals surface area (Å²) in [6.45, 7) is 3.51. The predicted octanol–water partition coefficient (Wildman–Crippen LogP) is 3.15. The number of nitrogens with one attached hydrogen (secondary N) is 1. The molecule has 0 bridgehead atoms. The molecule has 0 aliphatic heterocycles. The number of amides is 1. The molecule has 0 spiro atoms. The molecule has 2 aromatic carbocycles. The van der Waals surface area contributed by atoms with Gasteiger partial charge in [0.1, 0.15) is 0 Å². The number of aryl methyl sites for hydroxylation is 1. The van der Waals surface area contributed by atoms with Crippen molar-refractivity contribution in [3.05, 3.63) is 75.3 Å². The van der Waals surface area contributed by atoms with Crippen molar-refractivity contribution in [3.8, 4) is 0 Å². The first-order chi connectivity index (χ1) is 11.4. The number of aliphatic hydroxyl groups excluding tert-OH is 1. The number of nitrogens with zero attached hydrogens (tertiary/aromatic N) is 1. The first-order valence-corrected chi connectivity index (χ1v) is 7.67. The zero-order valence-electron chi connectivity index (χ0n) is 13.6. The first kappa shape index (κ1) is 17.6. The summed E-state index contributed by atoms with van der Waals surface area (Å²) in [6, 6.07) is 13.1. The second-order valence-electron chi connectivity index (χ2n) is 5.79. The van der Waals surface area contributed by atoms with Crippen molar-refractivity contribution in [3.63, 3.8) is 0 Å². The number of benzene rings is 2. The zero-order chi connectivity index (χ0) is 17.7. The summed E-state index contributed by atoms with van der Waals surface area (Å²) >= 11 is 0. The molecule has 0 aliphatic carbocycles. The van der Waals surface area contributed by atoms with Gasteiger partial charge in [-0.05, 0) is 31.4 Å². The maximum Gasteiger partial charge on any atom is 0.270 e. The number of aliphatic hydroxyl groups is 1. The van der Waals surface area contributed by atoms with Gasteiger partial charge in [0, 0.05) is 23.7 Å². The maximum atomic E-state index is 12.4. The molecule has 2 N–H and O–H groups in total. The van der Waals surface area contributed by atoms with E-state index < -0.39 is 11.0 Å². The third kappa shape index (κ3) is 4.39. The molecule has 0 aromatic heterocycles. The molecule has 0 aliphatic rings. The third-order valence-corrected chi connectivity index (χ3v) is 3.82. The number of hydrogen-bond donors (Lipinski definition) is 2. The van der Waals surface area contributed by atoms with Gasteiger partial charge in [-0.2, -0.15) is 0 Å². The Morgan fingerprint density at radius 3 is 2.54 bits per heavy atom. The van der Waals surface area contributed by atoms with Gasteiger partial charge in [0.05, 0.1) is 11.0 Å². The number of carbonyl (C=O) groups excluding carboxylic acids is 1. The first-order valence-electron chi connectivity index (χ1n) is 7.67. The monoisotopic (exact) mass is 328 g/mol. The highest BCUT2D eigenvalue weighted by molar-refractivity contribution is 5.96. The Labute approximate surface area is 140 Å². The highest BCUT2D eigenvalue weighted by Gasteiger charge is 2.18. The third-order valence-electron chi connectivity index (χ3n) is 3.82. The van der Waals surface area contributed by atoms with Crippen molar-refractivity contribution in [2.75, 3.05) is 0 Å². The molecule has 2 unspecified atom stereocenters. The van der Waals surface area contributed by atoms with Crippen LogP contribution >= 0.6 is 0 Å². The predicted molar refractivity (Wildman–Crippen MR) is 90.8 cm³/mol. The van der Waals surface area contributed by atoms with Crippen molar-refractivity contribution >= 4 is 11.6 Å². The van der Waals surface area contributed by atoms with Crippen LogP contribution in [-0.4, -0.2) is 22.0 Å². The van der Waals surface area contributed by atoms with Crippen LogP contribution in [0.3, 0.4) is 0 Å². The number of carbonyl (C=O) groups is 1. The van der Waals surface area contributed by atoms with Crippen molar-refractivity contribution in [1.82, 2.24) is 5.32 Å². The van der Waals surface area contributed by atoms with Gasteiger partial charge in [-0.15, -0.1) is 0 Å². The van der Waals surface area contributed by atoms with Gasteiger partial charge in [-0.1, -0.05) is 36.4 Å². The Bertz CT molecular complexity index is 731. The molecule has 2 rings (SSSR count). The van der Waals surface area contributed by atoms with Crippen molar-refractivity contribution in [1.29, 1.82) is 0 Å². The van der Waals surface area contributed by atoms with E-state index in [0.29, 0.717) is 12.0 Å². The Kier molecular flexibility index (Phi) is 5.65. The highest BCUT2D eigenvalue weighted by Crippen LogP contribution is 2.20. The van der Waals surface area contributed by atoms with Crippen LogP contribution in [0.4, 0.5) is 5.69 Å². The van der Waals surface area contributed by atoms with Gasteiger partial charge in [0.15, 0.2) is 0 Å². The van der Waals surface area contributed by atoms with Crippen molar-refractivity contribution in [2.24, 2.45) is 0 Å². The van der Waals surface area contributed by atoms with Crippen LogP contribution in [0.25, 0.3) is 0 Å². The summed E-state index contributed by atoms with van der Waals surface area (Å²) in [4.78, 5) is 22.7. The lowest BCUT2D eigenvalue weighted by Crippen LogP contribution is -2.34. The van der Waals surface area contributed by atoms with E-state index >= 15 is 0 Å². The second kappa shape index (κ2) is 7.70. The van der Waals surface area contributed by atoms with Crippen LogP contribution in [0.1, 0.15) is 40.9 Å². The maximum absolute atomic E-state index is 12.4. The number of non-ortho nitro benzene ring substituents is 1. The molecular formula is C18H20N2O4. The number of nitro benzene ring substituents is 1. The summed E-state index contributed by atoms with van der Waals surface area (Å²) in [6.07, 6.45) is -0.336. The Morgan fingerprint density at radius 1 is 1.25 bits per heavy atom. The quantitative estimate of drug-likeness (QED) is 0.629. The molecule has 0 fully saturated rings. The molecule has 6 nitrogen and oxygen atoms in total. The molecule has 0 heterocycles. The molecular weight excluding hydrogens is 308 g/mol. The van der Waals surface area contributed by atoms with Crippen LogP contribution in [-0.2, 0) is 0 Å².